The second-order valence-corrected chi connectivity index (χ2v) is 5.78. The van der Waals surface area contributed by atoms with Gasteiger partial charge in [0.1, 0.15) is 0 Å². The fraction of sp³-hybridized carbons (Fsp3) is 0.300. The second kappa shape index (κ2) is 6.17. The maximum Gasteiger partial charge on any atom is 0.0446 e. The van der Waals surface area contributed by atoms with Crippen molar-refractivity contribution in [1.29, 1.82) is 0 Å². The van der Waals surface area contributed by atoms with Crippen molar-refractivity contribution in [1.82, 2.24) is 0 Å². The molecule has 0 radical (unpaired) electrons. The summed E-state index contributed by atoms with van der Waals surface area (Å²) in [5, 5.41) is 0. The van der Waals surface area contributed by atoms with Gasteiger partial charge in [0.05, 0.1) is 0 Å². The highest BCUT2D eigenvalue weighted by molar-refractivity contribution is 5.89. The van der Waals surface area contributed by atoms with Gasteiger partial charge in [-0.15, -0.1) is 0 Å². The van der Waals surface area contributed by atoms with Gasteiger partial charge >= 0.3 is 0 Å². The zero-order chi connectivity index (χ0) is 14.7. The molecule has 0 N–H and O–H groups in total. The van der Waals surface area contributed by atoms with E-state index in [0.717, 1.165) is 6.54 Å². The van der Waals surface area contributed by atoms with Crippen LogP contribution in [0.25, 0.3) is 5.57 Å². The third kappa shape index (κ3) is 2.73. The van der Waals surface area contributed by atoms with E-state index in [-0.39, 0.29) is 0 Å². The maximum absolute atomic E-state index is 2.37. The molecular formula is C20H23N. The zero-order valence-corrected chi connectivity index (χ0v) is 13.0. The summed E-state index contributed by atoms with van der Waals surface area (Å²) in [7, 11) is 2.16. The van der Waals surface area contributed by atoms with Crippen LogP contribution >= 0.6 is 0 Å². The molecule has 0 aliphatic carbocycles. The first kappa shape index (κ1) is 13.9. The Kier molecular flexibility index (Phi) is 4.10. The summed E-state index contributed by atoms with van der Waals surface area (Å²) in [6, 6.07) is 17.6. The van der Waals surface area contributed by atoms with Gasteiger partial charge in [-0.3, -0.25) is 0 Å². The minimum Gasteiger partial charge on any atom is -0.370 e. The van der Waals surface area contributed by atoms with E-state index >= 15 is 0 Å². The molecule has 0 fully saturated rings. The molecule has 1 aliphatic rings. The molecule has 1 heteroatoms. The Balaban J connectivity index is 2.05. The normalized spacial score (nSPS) is 13.8. The minimum absolute atomic E-state index is 0.981. The molecule has 2 aromatic carbocycles. The van der Waals surface area contributed by atoms with Crippen molar-refractivity contribution >= 4 is 11.3 Å². The molecular weight excluding hydrogens is 254 g/mol. The molecule has 2 aromatic rings. The summed E-state index contributed by atoms with van der Waals surface area (Å²) < 4.78 is 0. The molecule has 1 heterocycles. The highest BCUT2D eigenvalue weighted by atomic mass is 15.1. The molecule has 3 rings (SSSR count). The predicted octanol–water partition coefficient (Wildman–Crippen LogP) is 4.91. The quantitative estimate of drug-likeness (QED) is 0.767. The van der Waals surface area contributed by atoms with Gasteiger partial charge in [0.15, 0.2) is 0 Å². The number of para-hydroxylation sites is 1. The van der Waals surface area contributed by atoms with Crippen LogP contribution in [0.3, 0.4) is 0 Å². The van der Waals surface area contributed by atoms with Gasteiger partial charge in [0.25, 0.3) is 0 Å². The second-order valence-electron chi connectivity index (χ2n) is 5.78. The zero-order valence-electron chi connectivity index (χ0n) is 13.0. The van der Waals surface area contributed by atoms with Crippen molar-refractivity contribution in [2.45, 2.75) is 26.2 Å². The molecule has 0 bridgehead atoms. The van der Waals surface area contributed by atoms with Gasteiger partial charge in [0.2, 0.25) is 0 Å². The smallest absolute Gasteiger partial charge is 0.0446 e. The van der Waals surface area contributed by atoms with E-state index in [0.29, 0.717) is 0 Å². The van der Waals surface area contributed by atoms with E-state index in [1.807, 2.05) is 0 Å². The number of unbranched alkanes of at least 4 members (excludes halogenated alkanes) is 1. The van der Waals surface area contributed by atoms with E-state index in [1.54, 1.807) is 0 Å². The Morgan fingerprint density at radius 2 is 1.67 bits per heavy atom. The highest BCUT2D eigenvalue weighted by Gasteiger charge is 2.18. The number of likely N-dealkylation sites (N-methyl/N-ethyl adjacent to an activating group) is 1. The molecule has 0 saturated heterocycles. The number of nitrogens with zero attached hydrogens (tertiary/aromatic N) is 1. The first-order valence-electron chi connectivity index (χ1n) is 7.90. The SMILES string of the molecule is CCCCc1ccccc1C1=CCN(C)c2ccccc21. The third-order valence-corrected chi connectivity index (χ3v) is 4.28. The maximum atomic E-state index is 2.37. The lowest BCUT2D eigenvalue weighted by molar-refractivity contribution is 0.793. The number of aryl methyl sites for hydroxylation is 1. The molecule has 0 spiro atoms. The van der Waals surface area contributed by atoms with Crippen LogP contribution in [0.5, 0.6) is 0 Å². The van der Waals surface area contributed by atoms with Gasteiger partial charge in [-0.05, 0) is 35.6 Å². The van der Waals surface area contributed by atoms with Crippen molar-refractivity contribution < 1.29 is 0 Å². The van der Waals surface area contributed by atoms with Crippen molar-refractivity contribution in [2.24, 2.45) is 0 Å². The first-order chi connectivity index (χ1) is 10.3. The van der Waals surface area contributed by atoms with Crippen molar-refractivity contribution in [3.63, 3.8) is 0 Å². The Morgan fingerprint density at radius 3 is 2.48 bits per heavy atom. The Morgan fingerprint density at radius 1 is 0.952 bits per heavy atom. The van der Waals surface area contributed by atoms with E-state index in [1.165, 1.54) is 47.2 Å². The summed E-state index contributed by atoms with van der Waals surface area (Å²) in [4.78, 5) is 2.31. The van der Waals surface area contributed by atoms with Gasteiger partial charge in [-0.2, -0.15) is 0 Å². The van der Waals surface area contributed by atoms with Crippen LogP contribution < -0.4 is 4.90 Å². The summed E-state index contributed by atoms with van der Waals surface area (Å²) in [6.07, 6.45) is 6.04. The van der Waals surface area contributed by atoms with Gasteiger partial charge in [0, 0.05) is 24.8 Å². The lowest BCUT2D eigenvalue weighted by atomic mass is 9.89. The van der Waals surface area contributed by atoms with Crippen LogP contribution in [0.2, 0.25) is 0 Å². The van der Waals surface area contributed by atoms with Crippen LogP contribution in [0.15, 0.2) is 54.6 Å². The number of hydrogen-bond donors (Lipinski definition) is 0. The Bertz CT molecular complexity index is 654. The average Bonchev–Trinajstić information content (AvgIpc) is 2.54. The standard InChI is InChI=1S/C20H23N/c1-3-4-9-16-10-5-6-11-17(16)18-14-15-21(2)20-13-8-7-12-19(18)20/h5-8,10-14H,3-4,9,15H2,1-2H3. The van der Waals surface area contributed by atoms with Gasteiger partial charge < -0.3 is 4.90 Å². The van der Waals surface area contributed by atoms with Gasteiger partial charge in [-0.1, -0.05) is 61.9 Å². The number of fused-ring (bicyclic) bond motifs is 1. The molecule has 0 unspecified atom stereocenters. The van der Waals surface area contributed by atoms with Crippen LogP contribution in [0, 0.1) is 0 Å². The molecule has 1 nitrogen and oxygen atoms in total. The molecule has 0 aromatic heterocycles. The molecule has 21 heavy (non-hydrogen) atoms. The van der Waals surface area contributed by atoms with Crippen LogP contribution in [0.1, 0.15) is 36.5 Å². The van der Waals surface area contributed by atoms with Crippen molar-refractivity contribution in [3.05, 3.63) is 71.3 Å². The minimum atomic E-state index is 0.981. The molecule has 0 amide bonds. The lowest BCUT2D eigenvalue weighted by Gasteiger charge is -2.28. The van der Waals surface area contributed by atoms with E-state index < -0.39 is 0 Å². The molecule has 0 saturated carbocycles. The fourth-order valence-electron chi connectivity index (χ4n) is 3.09. The number of rotatable bonds is 4. The van der Waals surface area contributed by atoms with E-state index in [4.69, 9.17) is 0 Å². The van der Waals surface area contributed by atoms with Crippen molar-refractivity contribution in [2.75, 3.05) is 18.5 Å². The molecule has 1 aliphatic heterocycles. The Hall–Kier alpha value is -2.02. The third-order valence-electron chi connectivity index (χ3n) is 4.28. The summed E-state index contributed by atoms with van der Waals surface area (Å²) in [5.74, 6) is 0. The summed E-state index contributed by atoms with van der Waals surface area (Å²) in [5.41, 5.74) is 6.97. The number of hydrogen-bond acceptors (Lipinski definition) is 1. The fourth-order valence-corrected chi connectivity index (χ4v) is 3.09. The van der Waals surface area contributed by atoms with Crippen LogP contribution in [-0.4, -0.2) is 13.6 Å². The van der Waals surface area contributed by atoms with Crippen molar-refractivity contribution in [3.8, 4) is 0 Å². The van der Waals surface area contributed by atoms with E-state index in [9.17, 15) is 0 Å². The monoisotopic (exact) mass is 277 g/mol. The van der Waals surface area contributed by atoms with Crippen LogP contribution in [-0.2, 0) is 6.42 Å². The summed E-state index contributed by atoms with van der Waals surface area (Å²) >= 11 is 0. The molecule has 0 atom stereocenters. The largest absolute Gasteiger partial charge is 0.370 e. The average molecular weight is 277 g/mol. The Labute approximate surface area is 127 Å². The van der Waals surface area contributed by atoms with E-state index in [2.05, 4.69) is 73.5 Å². The topological polar surface area (TPSA) is 3.24 Å². The highest BCUT2D eigenvalue weighted by Crippen LogP contribution is 2.36. The number of benzene rings is 2. The number of anilines is 1. The molecule has 108 valence electrons. The summed E-state index contributed by atoms with van der Waals surface area (Å²) in [6.45, 7) is 3.24. The lowest BCUT2D eigenvalue weighted by Crippen LogP contribution is -2.22. The predicted molar refractivity (Wildman–Crippen MR) is 91.8 cm³/mol. The van der Waals surface area contributed by atoms with Crippen LogP contribution in [0.4, 0.5) is 5.69 Å². The first-order valence-corrected chi connectivity index (χ1v) is 7.90. The van der Waals surface area contributed by atoms with Gasteiger partial charge in [-0.25, -0.2) is 0 Å².